The molecule has 3 heteroatoms. The predicted molar refractivity (Wildman–Crippen MR) is 86.1 cm³/mol. The number of aliphatic hydroxyl groups is 2. The molecule has 21 heavy (non-hydrogen) atoms. The summed E-state index contributed by atoms with van der Waals surface area (Å²) in [6.45, 7) is 4.96. The molecule has 1 aliphatic rings. The van der Waals surface area contributed by atoms with E-state index < -0.39 is 6.10 Å². The predicted octanol–water partition coefficient (Wildman–Crippen LogP) is 2.98. The van der Waals surface area contributed by atoms with Crippen molar-refractivity contribution in [2.24, 2.45) is 5.41 Å². The van der Waals surface area contributed by atoms with E-state index in [1.165, 1.54) is 6.42 Å². The monoisotopic (exact) mass is 291 g/mol. The first-order chi connectivity index (χ1) is 9.92. The van der Waals surface area contributed by atoms with Crippen LogP contribution in [0.2, 0.25) is 0 Å². The Morgan fingerprint density at radius 3 is 2.43 bits per heavy atom. The van der Waals surface area contributed by atoms with Gasteiger partial charge in [0.05, 0.1) is 12.2 Å². The van der Waals surface area contributed by atoms with Crippen LogP contribution in [0.15, 0.2) is 30.3 Å². The molecule has 1 saturated carbocycles. The molecule has 118 valence electrons. The molecular formula is C18H29NO2. The molecule has 0 amide bonds. The summed E-state index contributed by atoms with van der Waals surface area (Å²) in [5.41, 5.74) is 0.702. The molecule has 1 aromatic rings. The third-order valence-corrected chi connectivity index (χ3v) is 4.77. The van der Waals surface area contributed by atoms with E-state index in [1.54, 1.807) is 0 Å². The van der Waals surface area contributed by atoms with Crippen molar-refractivity contribution in [2.75, 3.05) is 13.6 Å². The maximum Gasteiger partial charge on any atom is 0.0853 e. The van der Waals surface area contributed by atoms with Crippen molar-refractivity contribution < 1.29 is 10.2 Å². The smallest absolute Gasteiger partial charge is 0.0853 e. The van der Waals surface area contributed by atoms with E-state index in [2.05, 4.69) is 25.8 Å². The first kappa shape index (κ1) is 16.5. The maximum atomic E-state index is 10.7. The highest BCUT2D eigenvalue weighted by Crippen LogP contribution is 2.35. The van der Waals surface area contributed by atoms with Crippen LogP contribution in [0.1, 0.15) is 51.2 Å². The number of hydrogen-bond donors (Lipinski definition) is 2. The number of benzene rings is 1. The standard InChI is InChI=1S/C18H29NO2/c1-18(2,17(21)14-9-5-4-6-10-14)13-19(3)15-11-7-8-12-16(15)20/h4-6,9-10,15-17,20-21H,7-8,11-13H2,1-3H3. The van der Waals surface area contributed by atoms with Crippen molar-refractivity contribution in [1.82, 2.24) is 4.90 Å². The third kappa shape index (κ3) is 4.06. The highest BCUT2D eigenvalue weighted by atomic mass is 16.3. The summed E-state index contributed by atoms with van der Waals surface area (Å²) in [5, 5.41) is 20.9. The lowest BCUT2D eigenvalue weighted by atomic mass is 9.81. The van der Waals surface area contributed by atoms with Crippen LogP contribution in [0.5, 0.6) is 0 Å². The largest absolute Gasteiger partial charge is 0.391 e. The molecule has 1 fully saturated rings. The Bertz CT molecular complexity index is 432. The molecule has 3 nitrogen and oxygen atoms in total. The molecule has 0 heterocycles. The lowest BCUT2D eigenvalue weighted by Gasteiger charge is -2.41. The highest BCUT2D eigenvalue weighted by molar-refractivity contribution is 5.19. The number of hydrogen-bond acceptors (Lipinski definition) is 3. The topological polar surface area (TPSA) is 43.7 Å². The second kappa shape index (κ2) is 6.91. The van der Waals surface area contributed by atoms with Crippen LogP contribution in [0, 0.1) is 5.41 Å². The fourth-order valence-electron chi connectivity index (χ4n) is 3.54. The normalized spacial score (nSPS) is 25.0. The van der Waals surface area contributed by atoms with Gasteiger partial charge in [-0.2, -0.15) is 0 Å². The molecule has 0 spiro atoms. The SMILES string of the molecule is CN(CC(C)(C)C(O)c1ccccc1)C1CCCCC1O. The van der Waals surface area contributed by atoms with Gasteiger partial charge in [0, 0.05) is 18.0 Å². The van der Waals surface area contributed by atoms with E-state index in [0.29, 0.717) is 0 Å². The van der Waals surface area contributed by atoms with E-state index in [9.17, 15) is 10.2 Å². The maximum absolute atomic E-state index is 10.7. The van der Waals surface area contributed by atoms with Gasteiger partial charge in [-0.05, 0) is 25.5 Å². The minimum Gasteiger partial charge on any atom is -0.391 e. The van der Waals surface area contributed by atoms with Gasteiger partial charge in [0.15, 0.2) is 0 Å². The molecule has 2 N–H and O–H groups in total. The number of aliphatic hydroxyl groups excluding tert-OH is 2. The number of likely N-dealkylation sites (N-methyl/N-ethyl adjacent to an activating group) is 1. The van der Waals surface area contributed by atoms with Gasteiger partial charge in [0.1, 0.15) is 0 Å². The van der Waals surface area contributed by atoms with Gasteiger partial charge < -0.3 is 15.1 Å². The van der Waals surface area contributed by atoms with E-state index in [0.717, 1.165) is 31.4 Å². The summed E-state index contributed by atoms with van der Waals surface area (Å²) in [5.74, 6) is 0. The minimum absolute atomic E-state index is 0.223. The summed E-state index contributed by atoms with van der Waals surface area (Å²) >= 11 is 0. The zero-order chi connectivity index (χ0) is 15.5. The molecule has 3 atom stereocenters. The summed E-state index contributed by atoms with van der Waals surface area (Å²) in [6.07, 6.45) is 3.54. The summed E-state index contributed by atoms with van der Waals surface area (Å²) < 4.78 is 0. The summed E-state index contributed by atoms with van der Waals surface area (Å²) in [7, 11) is 2.07. The van der Waals surface area contributed by atoms with E-state index >= 15 is 0 Å². The van der Waals surface area contributed by atoms with Crippen molar-refractivity contribution >= 4 is 0 Å². The molecule has 2 rings (SSSR count). The minimum atomic E-state index is -0.498. The number of rotatable bonds is 5. The van der Waals surface area contributed by atoms with Gasteiger partial charge in [0.2, 0.25) is 0 Å². The van der Waals surface area contributed by atoms with Crippen molar-refractivity contribution in [1.29, 1.82) is 0 Å². The second-order valence-electron chi connectivity index (χ2n) is 7.14. The van der Waals surface area contributed by atoms with E-state index in [-0.39, 0.29) is 17.6 Å². The van der Waals surface area contributed by atoms with Crippen LogP contribution in [-0.4, -0.2) is 40.9 Å². The lowest BCUT2D eigenvalue weighted by Crippen LogP contribution is -2.47. The second-order valence-corrected chi connectivity index (χ2v) is 7.14. The van der Waals surface area contributed by atoms with Crippen molar-refractivity contribution in [3.63, 3.8) is 0 Å². The van der Waals surface area contributed by atoms with Gasteiger partial charge in [0.25, 0.3) is 0 Å². The molecule has 0 aliphatic heterocycles. The Labute approximate surface area is 128 Å². The van der Waals surface area contributed by atoms with Gasteiger partial charge in [-0.3, -0.25) is 0 Å². The highest BCUT2D eigenvalue weighted by Gasteiger charge is 2.34. The zero-order valence-electron chi connectivity index (χ0n) is 13.5. The van der Waals surface area contributed by atoms with Gasteiger partial charge in [-0.15, -0.1) is 0 Å². The van der Waals surface area contributed by atoms with Crippen LogP contribution >= 0.6 is 0 Å². The Morgan fingerprint density at radius 1 is 1.19 bits per heavy atom. The Balaban J connectivity index is 2.02. The van der Waals surface area contributed by atoms with Crippen LogP contribution in [0.25, 0.3) is 0 Å². The van der Waals surface area contributed by atoms with Gasteiger partial charge in [-0.25, -0.2) is 0 Å². The fourth-order valence-corrected chi connectivity index (χ4v) is 3.54. The average Bonchev–Trinajstić information content (AvgIpc) is 2.47. The molecule has 0 aromatic heterocycles. The lowest BCUT2D eigenvalue weighted by molar-refractivity contribution is -0.0192. The van der Waals surface area contributed by atoms with Gasteiger partial charge >= 0.3 is 0 Å². The Morgan fingerprint density at radius 2 is 1.81 bits per heavy atom. The molecule has 0 radical (unpaired) electrons. The molecule has 1 aliphatic carbocycles. The van der Waals surface area contributed by atoms with E-state index in [4.69, 9.17) is 0 Å². The van der Waals surface area contributed by atoms with Crippen molar-refractivity contribution in [2.45, 2.75) is 57.8 Å². The van der Waals surface area contributed by atoms with Crippen LogP contribution in [0.3, 0.4) is 0 Å². The first-order valence-corrected chi connectivity index (χ1v) is 8.03. The first-order valence-electron chi connectivity index (χ1n) is 8.03. The molecule has 3 unspecified atom stereocenters. The van der Waals surface area contributed by atoms with E-state index in [1.807, 2.05) is 30.3 Å². The third-order valence-electron chi connectivity index (χ3n) is 4.77. The molecule has 0 saturated heterocycles. The van der Waals surface area contributed by atoms with Crippen LogP contribution in [0.4, 0.5) is 0 Å². The molecule has 0 bridgehead atoms. The fraction of sp³-hybridized carbons (Fsp3) is 0.667. The summed E-state index contributed by atoms with van der Waals surface area (Å²) in [6, 6.07) is 10.1. The molecule has 1 aromatic carbocycles. The summed E-state index contributed by atoms with van der Waals surface area (Å²) in [4.78, 5) is 2.23. The van der Waals surface area contributed by atoms with Crippen molar-refractivity contribution in [3.05, 3.63) is 35.9 Å². The Hall–Kier alpha value is -0.900. The zero-order valence-corrected chi connectivity index (χ0v) is 13.5. The van der Waals surface area contributed by atoms with Gasteiger partial charge in [-0.1, -0.05) is 57.0 Å². The van der Waals surface area contributed by atoms with Crippen molar-refractivity contribution in [3.8, 4) is 0 Å². The average molecular weight is 291 g/mol. The van der Waals surface area contributed by atoms with Crippen LogP contribution in [-0.2, 0) is 0 Å². The quantitative estimate of drug-likeness (QED) is 0.876. The van der Waals surface area contributed by atoms with Crippen LogP contribution < -0.4 is 0 Å². The molecular weight excluding hydrogens is 262 g/mol. The Kier molecular flexibility index (Phi) is 5.42. The number of nitrogens with zero attached hydrogens (tertiary/aromatic N) is 1.